The van der Waals surface area contributed by atoms with E-state index in [1.807, 2.05) is 39.2 Å². The van der Waals surface area contributed by atoms with Crippen LogP contribution in [0, 0.1) is 5.92 Å². The first-order valence-corrected chi connectivity index (χ1v) is 10.1. The molecule has 28 heavy (non-hydrogen) atoms. The molecule has 0 spiro atoms. The lowest BCUT2D eigenvalue weighted by atomic mass is 9.95. The van der Waals surface area contributed by atoms with Crippen molar-refractivity contribution in [1.29, 1.82) is 0 Å². The van der Waals surface area contributed by atoms with Gasteiger partial charge < -0.3 is 14.4 Å². The quantitative estimate of drug-likeness (QED) is 0.271. The standard InChI is InChI=1S/C24H37NO3/c1-6-28-24(26)17-23(18-25(4)5)16-21(3)13-12-20(2)14-15-27-19-22-10-8-7-9-11-22/h7-11,13-14,23H,6,12,15-19H2,1-5H3/b20-14+,21-13+. The Kier molecular flexibility index (Phi) is 12.2. The van der Waals surface area contributed by atoms with E-state index in [9.17, 15) is 4.79 Å². The summed E-state index contributed by atoms with van der Waals surface area (Å²) in [7, 11) is 4.08. The number of hydrogen-bond acceptors (Lipinski definition) is 4. The van der Waals surface area contributed by atoms with Gasteiger partial charge in [0.2, 0.25) is 0 Å². The van der Waals surface area contributed by atoms with Crippen LogP contribution in [0.5, 0.6) is 0 Å². The maximum atomic E-state index is 11.8. The molecule has 0 bridgehead atoms. The lowest BCUT2D eigenvalue weighted by Gasteiger charge is -2.20. The van der Waals surface area contributed by atoms with Crippen LogP contribution < -0.4 is 0 Å². The molecule has 0 saturated heterocycles. The van der Waals surface area contributed by atoms with E-state index in [0.29, 0.717) is 26.2 Å². The molecule has 0 aliphatic heterocycles. The number of benzene rings is 1. The van der Waals surface area contributed by atoms with E-state index >= 15 is 0 Å². The Morgan fingerprint density at radius 2 is 1.79 bits per heavy atom. The van der Waals surface area contributed by atoms with Crippen LogP contribution in [0.15, 0.2) is 53.6 Å². The molecule has 1 atom stereocenters. The van der Waals surface area contributed by atoms with E-state index in [-0.39, 0.29) is 11.9 Å². The van der Waals surface area contributed by atoms with Gasteiger partial charge in [0.05, 0.1) is 19.8 Å². The molecule has 1 aromatic carbocycles. The molecule has 0 aromatic heterocycles. The molecule has 0 N–H and O–H groups in total. The topological polar surface area (TPSA) is 38.8 Å². The highest BCUT2D eigenvalue weighted by Gasteiger charge is 2.16. The number of carbonyl (C=O) groups is 1. The molecular weight excluding hydrogens is 350 g/mol. The van der Waals surface area contributed by atoms with Gasteiger partial charge in [-0.1, -0.05) is 53.6 Å². The van der Waals surface area contributed by atoms with Gasteiger partial charge in [-0.05, 0) is 59.2 Å². The summed E-state index contributed by atoms with van der Waals surface area (Å²) in [6, 6.07) is 10.2. The Bertz CT molecular complexity index is 620. The molecule has 0 amide bonds. The lowest BCUT2D eigenvalue weighted by Crippen LogP contribution is -2.24. The van der Waals surface area contributed by atoms with Crippen molar-refractivity contribution in [3.63, 3.8) is 0 Å². The van der Waals surface area contributed by atoms with Crippen LogP contribution in [0.2, 0.25) is 0 Å². The van der Waals surface area contributed by atoms with E-state index < -0.39 is 0 Å². The van der Waals surface area contributed by atoms with Crippen LogP contribution in [0.1, 0.15) is 45.6 Å². The summed E-state index contributed by atoms with van der Waals surface area (Å²) in [4.78, 5) is 14.0. The molecule has 1 aromatic rings. The maximum Gasteiger partial charge on any atom is 0.306 e. The van der Waals surface area contributed by atoms with Crippen molar-refractivity contribution in [1.82, 2.24) is 4.90 Å². The second-order valence-electron chi connectivity index (χ2n) is 7.65. The van der Waals surface area contributed by atoms with Gasteiger partial charge >= 0.3 is 5.97 Å². The number of rotatable bonds is 13. The van der Waals surface area contributed by atoms with Gasteiger partial charge in [-0.15, -0.1) is 0 Å². The van der Waals surface area contributed by atoms with Crippen molar-refractivity contribution in [2.45, 2.75) is 46.6 Å². The minimum atomic E-state index is -0.103. The molecule has 0 heterocycles. The Hall–Kier alpha value is -1.91. The van der Waals surface area contributed by atoms with Crippen molar-refractivity contribution in [2.75, 3.05) is 33.9 Å². The van der Waals surface area contributed by atoms with Gasteiger partial charge in [-0.3, -0.25) is 4.79 Å². The second-order valence-corrected chi connectivity index (χ2v) is 7.65. The summed E-state index contributed by atoms with van der Waals surface area (Å²) >= 11 is 0. The second kappa shape index (κ2) is 14.1. The zero-order valence-electron chi connectivity index (χ0n) is 18.2. The molecule has 4 nitrogen and oxygen atoms in total. The summed E-state index contributed by atoms with van der Waals surface area (Å²) in [5, 5.41) is 0. The molecule has 1 rings (SSSR count). The molecule has 0 aliphatic rings. The summed E-state index contributed by atoms with van der Waals surface area (Å²) in [5.41, 5.74) is 3.80. The molecule has 0 radical (unpaired) electrons. The number of nitrogens with zero attached hydrogens (tertiary/aromatic N) is 1. The fourth-order valence-electron chi connectivity index (χ4n) is 3.08. The van der Waals surface area contributed by atoms with E-state index in [1.165, 1.54) is 16.7 Å². The van der Waals surface area contributed by atoms with Crippen LogP contribution in [0.4, 0.5) is 0 Å². The van der Waals surface area contributed by atoms with Crippen molar-refractivity contribution in [2.24, 2.45) is 5.92 Å². The smallest absolute Gasteiger partial charge is 0.306 e. The van der Waals surface area contributed by atoms with E-state index in [1.54, 1.807) is 0 Å². The first-order valence-electron chi connectivity index (χ1n) is 10.1. The molecule has 0 aliphatic carbocycles. The molecule has 0 fully saturated rings. The molecule has 4 heteroatoms. The lowest BCUT2D eigenvalue weighted by molar-refractivity contribution is -0.144. The normalized spacial score (nSPS) is 13.6. The third-order valence-corrected chi connectivity index (χ3v) is 4.43. The highest BCUT2D eigenvalue weighted by atomic mass is 16.5. The van der Waals surface area contributed by atoms with Crippen LogP contribution in [-0.4, -0.2) is 44.7 Å². The Balaban J connectivity index is 2.42. The number of hydrogen-bond donors (Lipinski definition) is 0. The van der Waals surface area contributed by atoms with Gasteiger partial charge in [0.25, 0.3) is 0 Å². The SMILES string of the molecule is CCOC(=O)CC(C/C(C)=C/C/C(C)=C/COCc1ccccc1)CN(C)C. The van der Waals surface area contributed by atoms with Gasteiger partial charge in [-0.2, -0.15) is 0 Å². The van der Waals surface area contributed by atoms with E-state index in [4.69, 9.17) is 9.47 Å². The number of carbonyl (C=O) groups excluding carboxylic acids is 1. The number of esters is 1. The van der Waals surface area contributed by atoms with Gasteiger partial charge in [0.1, 0.15) is 0 Å². The minimum Gasteiger partial charge on any atom is -0.466 e. The molecule has 0 saturated carbocycles. The van der Waals surface area contributed by atoms with Crippen molar-refractivity contribution in [3.05, 3.63) is 59.2 Å². The zero-order valence-corrected chi connectivity index (χ0v) is 18.2. The molecular formula is C24H37NO3. The number of allylic oxidation sites excluding steroid dienone is 3. The summed E-state index contributed by atoms with van der Waals surface area (Å²) in [5.74, 6) is 0.178. The Labute approximate surface area is 171 Å². The highest BCUT2D eigenvalue weighted by molar-refractivity contribution is 5.69. The minimum absolute atomic E-state index is 0.103. The first-order chi connectivity index (χ1) is 13.4. The van der Waals surface area contributed by atoms with E-state index in [2.05, 4.69) is 43.0 Å². The largest absolute Gasteiger partial charge is 0.466 e. The summed E-state index contributed by atoms with van der Waals surface area (Å²) < 4.78 is 10.8. The molecule has 156 valence electrons. The van der Waals surface area contributed by atoms with Crippen molar-refractivity contribution in [3.8, 4) is 0 Å². The average molecular weight is 388 g/mol. The summed E-state index contributed by atoms with van der Waals surface area (Å²) in [6.07, 6.45) is 6.70. The fraction of sp³-hybridized carbons (Fsp3) is 0.542. The van der Waals surface area contributed by atoms with Crippen LogP contribution in [0.3, 0.4) is 0 Å². The van der Waals surface area contributed by atoms with Crippen molar-refractivity contribution >= 4 is 5.97 Å². The predicted molar refractivity (Wildman–Crippen MR) is 116 cm³/mol. The van der Waals surface area contributed by atoms with Crippen LogP contribution in [-0.2, 0) is 20.9 Å². The highest BCUT2D eigenvalue weighted by Crippen LogP contribution is 2.18. The fourth-order valence-corrected chi connectivity index (χ4v) is 3.08. The average Bonchev–Trinajstić information content (AvgIpc) is 2.64. The maximum absolute atomic E-state index is 11.8. The molecule has 1 unspecified atom stereocenters. The van der Waals surface area contributed by atoms with Crippen LogP contribution in [0.25, 0.3) is 0 Å². The van der Waals surface area contributed by atoms with Gasteiger partial charge in [0.15, 0.2) is 0 Å². The third-order valence-electron chi connectivity index (χ3n) is 4.43. The zero-order chi connectivity index (χ0) is 20.8. The van der Waals surface area contributed by atoms with E-state index in [0.717, 1.165) is 19.4 Å². The first kappa shape index (κ1) is 24.1. The predicted octanol–water partition coefficient (Wildman–Crippen LogP) is 5.01. The monoisotopic (exact) mass is 387 g/mol. The van der Waals surface area contributed by atoms with Gasteiger partial charge in [-0.25, -0.2) is 0 Å². The van der Waals surface area contributed by atoms with Crippen LogP contribution >= 0.6 is 0 Å². The summed E-state index contributed by atoms with van der Waals surface area (Å²) in [6.45, 7) is 8.71. The third kappa shape index (κ3) is 11.7. The Morgan fingerprint density at radius 1 is 1.07 bits per heavy atom. The van der Waals surface area contributed by atoms with Gasteiger partial charge in [0, 0.05) is 13.0 Å². The van der Waals surface area contributed by atoms with Crippen molar-refractivity contribution < 1.29 is 14.3 Å². The Morgan fingerprint density at radius 3 is 2.43 bits per heavy atom. The number of ether oxygens (including phenoxy) is 2.